The number of thiophene rings is 1. The summed E-state index contributed by atoms with van der Waals surface area (Å²) < 4.78 is 43.4. The van der Waals surface area contributed by atoms with E-state index in [9.17, 15) is 18.0 Å². The Morgan fingerprint density at radius 3 is 2.70 bits per heavy atom. The molecular weight excluding hydrogens is 471 g/mol. The van der Waals surface area contributed by atoms with Crippen LogP contribution in [0.3, 0.4) is 0 Å². The Balaban J connectivity index is 1.85. The summed E-state index contributed by atoms with van der Waals surface area (Å²) in [5.74, 6) is -0.428. The first-order valence-electron chi connectivity index (χ1n) is 10.7. The van der Waals surface area contributed by atoms with Crippen LogP contribution in [0.15, 0.2) is 48.7 Å². The maximum Gasteiger partial charge on any atom is 0.435 e. The lowest BCUT2D eigenvalue weighted by Crippen LogP contribution is -2.37. The third kappa shape index (κ3) is 4.73. The van der Waals surface area contributed by atoms with Gasteiger partial charge in [0.15, 0.2) is 5.69 Å². The summed E-state index contributed by atoms with van der Waals surface area (Å²) in [6.07, 6.45) is 0.953. The van der Waals surface area contributed by atoms with E-state index >= 15 is 0 Å². The monoisotopic (exact) mass is 493 g/mol. The van der Waals surface area contributed by atoms with Crippen molar-refractivity contribution in [3.05, 3.63) is 74.7 Å². The van der Waals surface area contributed by atoms with E-state index in [1.807, 2.05) is 25.1 Å². The lowest BCUT2D eigenvalue weighted by Gasteiger charge is -2.33. The molecule has 0 aliphatic carbocycles. The molecule has 174 valence electrons. The summed E-state index contributed by atoms with van der Waals surface area (Å²) in [7, 11) is 0. The Morgan fingerprint density at radius 1 is 1.24 bits per heavy atom. The number of allylic oxidation sites excluding steroid dienone is 1. The summed E-state index contributed by atoms with van der Waals surface area (Å²) in [5.41, 5.74) is 1.26. The molecule has 1 atom stereocenters. The summed E-state index contributed by atoms with van der Waals surface area (Å²) in [5, 5.41) is 3.79. The number of benzene rings is 1. The van der Waals surface area contributed by atoms with Gasteiger partial charge in [-0.1, -0.05) is 48.9 Å². The molecule has 3 heterocycles. The number of alkyl halides is 3. The van der Waals surface area contributed by atoms with Gasteiger partial charge in [0.05, 0.1) is 10.9 Å². The zero-order valence-corrected chi connectivity index (χ0v) is 19.8. The predicted molar refractivity (Wildman–Crippen MR) is 124 cm³/mol. The van der Waals surface area contributed by atoms with E-state index in [0.29, 0.717) is 35.1 Å². The number of aryl methyl sites for hydroxylation is 1. The first-order chi connectivity index (χ1) is 15.7. The van der Waals surface area contributed by atoms with Crippen molar-refractivity contribution in [2.24, 2.45) is 0 Å². The Kier molecular flexibility index (Phi) is 6.68. The third-order valence-electron chi connectivity index (χ3n) is 5.71. The highest BCUT2D eigenvalue weighted by Gasteiger charge is 2.39. The summed E-state index contributed by atoms with van der Waals surface area (Å²) >= 11 is 7.72. The molecule has 0 bridgehead atoms. The molecule has 3 aromatic rings. The molecule has 0 saturated carbocycles. The van der Waals surface area contributed by atoms with Crippen molar-refractivity contribution in [3.63, 3.8) is 0 Å². The molecule has 0 saturated heterocycles. The topological polar surface area (TPSA) is 38.1 Å². The first-order valence-corrected chi connectivity index (χ1v) is 11.9. The quantitative estimate of drug-likeness (QED) is 0.369. The van der Waals surface area contributed by atoms with Crippen molar-refractivity contribution < 1.29 is 18.0 Å². The number of nitrogens with zero attached hydrogens (tertiary/aromatic N) is 3. The Bertz CT molecular complexity index is 1200. The minimum atomic E-state index is -4.58. The molecule has 0 radical (unpaired) electrons. The molecule has 1 amide bonds. The minimum Gasteiger partial charge on any atom is -0.333 e. The first kappa shape index (κ1) is 23.6. The van der Waals surface area contributed by atoms with E-state index in [1.54, 1.807) is 36.1 Å². The molecule has 1 aromatic carbocycles. The van der Waals surface area contributed by atoms with Crippen molar-refractivity contribution in [2.45, 2.75) is 45.5 Å². The van der Waals surface area contributed by atoms with Crippen LogP contribution in [0.25, 0.3) is 11.1 Å². The number of hydrogen-bond donors (Lipinski definition) is 0. The van der Waals surface area contributed by atoms with Gasteiger partial charge in [-0.3, -0.25) is 9.48 Å². The number of amides is 1. The normalized spacial score (nSPS) is 16.4. The fourth-order valence-corrected chi connectivity index (χ4v) is 5.54. The van der Waals surface area contributed by atoms with E-state index in [-0.39, 0.29) is 17.4 Å². The van der Waals surface area contributed by atoms with Crippen LogP contribution in [0.5, 0.6) is 0 Å². The van der Waals surface area contributed by atoms with Gasteiger partial charge in [-0.25, -0.2) is 0 Å². The molecule has 4 rings (SSSR count). The second kappa shape index (κ2) is 9.35. The van der Waals surface area contributed by atoms with Crippen molar-refractivity contribution in [3.8, 4) is 11.1 Å². The van der Waals surface area contributed by atoms with Gasteiger partial charge in [0.25, 0.3) is 0 Å². The van der Waals surface area contributed by atoms with Crippen LogP contribution in [0.4, 0.5) is 13.2 Å². The fraction of sp³-hybridized carbons (Fsp3) is 0.333. The van der Waals surface area contributed by atoms with Gasteiger partial charge in [-0.05, 0) is 42.2 Å². The highest BCUT2D eigenvalue weighted by atomic mass is 35.5. The number of carbonyl (C=O) groups is 1. The zero-order valence-electron chi connectivity index (χ0n) is 18.2. The van der Waals surface area contributed by atoms with Crippen LogP contribution in [0.2, 0.25) is 4.34 Å². The van der Waals surface area contributed by atoms with Gasteiger partial charge in [0.2, 0.25) is 5.91 Å². The van der Waals surface area contributed by atoms with E-state index in [0.717, 1.165) is 16.9 Å². The molecule has 1 aliphatic rings. The van der Waals surface area contributed by atoms with Crippen LogP contribution in [-0.2, 0) is 24.1 Å². The number of aromatic nitrogens is 2. The Hall–Kier alpha value is -2.58. The van der Waals surface area contributed by atoms with Crippen molar-refractivity contribution in [2.75, 3.05) is 6.54 Å². The second-order valence-corrected chi connectivity index (χ2v) is 9.61. The highest BCUT2D eigenvalue weighted by Crippen LogP contribution is 2.45. The summed E-state index contributed by atoms with van der Waals surface area (Å²) in [6.45, 7) is 4.81. The Labute approximate surface area is 199 Å². The standard InChI is InChI=1S/C24H23ClF3N3OS/c1-3-5-10-22(32)30-12-18(17-11-21(25)33-20(17)14-30)15-8-6-7-9-16(15)19-13-31(4-2)29-23(19)24(26,27)28/h5-11,13,18H,3-4,12,14H2,1-2H3/b10-5+/t18-/m0/s1. The third-order valence-corrected chi connectivity index (χ3v) is 6.98. The summed E-state index contributed by atoms with van der Waals surface area (Å²) in [4.78, 5) is 15.5. The number of carbonyl (C=O) groups excluding carboxylic acids is 1. The highest BCUT2D eigenvalue weighted by molar-refractivity contribution is 7.16. The summed E-state index contributed by atoms with van der Waals surface area (Å²) in [6, 6.07) is 8.91. The van der Waals surface area contributed by atoms with Crippen LogP contribution < -0.4 is 0 Å². The molecule has 9 heteroatoms. The number of hydrogen-bond acceptors (Lipinski definition) is 3. The maximum atomic E-state index is 13.8. The van der Waals surface area contributed by atoms with Crippen molar-refractivity contribution in [1.29, 1.82) is 0 Å². The average molecular weight is 494 g/mol. The largest absolute Gasteiger partial charge is 0.435 e. The lowest BCUT2D eigenvalue weighted by molar-refractivity contribution is -0.141. The van der Waals surface area contributed by atoms with E-state index < -0.39 is 11.9 Å². The van der Waals surface area contributed by atoms with Crippen LogP contribution in [0, 0.1) is 0 Å². The van der Waals surface area contributed by atoms with Crippen LogP contribution >= 0.6 is 22.9 Å². The number of halogens is 4. The molecule has 0 unspecified atom stereocenters. The van der Waals surface area contributed by atoms with E-state index in [4.69, 9.17) is 11.6 Å². The molecule has 0 spiro atoms. The predicted octanol–water partition coefficient (Wildman–Crippen LogP) is 6.74. The van der Waals surface area contributed by atoms with Crippen LogP contribution in [0.1, 0.15) is 47.9 Å². The van der Waals surface area contributed by atoms with Crippen molar-refractivity contribution in [1.82, 2.24) is 14.7 Å². The minimum absolute atomic E-state index is 0.0390. The molecule has 33 heavy (non-hydrogen) atoms. The fourth-order valence-electron chi connectivity index (χ4n) is 4.18. The van der Waals surface area contributed by atoms with Crippen LogP contribution in [-0.4, -0.2) is 27.1 Å². The molecule has 1 aliphatic heterocycles. The smallest absolute Gasteiger partial charge is 0.333 e. The number of fused-ring (bicyclic) bond motifs is 1. The molecule has 4 nitrogen and oxygen atoms in total. The maximum absolute atomic E-state index is 13.8. The van der Waals surface area contributed by atoms with Gasteiger partial charge in [-0.15, -0.1) is 11.3 Å². The van der Waals surface area contributed by atoms with E-state index in [1.165, 1.54) is 22.2 Å². The SMILES string of the molecule is CC/C=C/C(=O)N1Cc2sc(Cl)cc2[C@H](c2ccccc2-c2cn(CC)nc2C(F)(F)F)C1. The van der Waals surface area contributed by atoms with E-state index in [2.05, 4.69) is 5.10 Å². The molecular formula is C24H23ClF3N3OS. The lowest BCUT2D eigenvalue weighted by atomic mass is 9.84. The molecule has 2 aromatic heterocycles. The van der Waals surface area contributed by atoms with Gasteiger partial charge in [0.1, 0.15) is 0 Å². The molecule has 0 N–H and O–H groups in total. The van der Waals surface area contributed by atoms with Gasteiger partial charge >= 0.3 is 6.18 Å². The second-order valence-electron chi connectivity index (χ2n) is 7.84. The average Bonchev–Trinajstić information content (AvgIpc) is 3.39. The van der Waals surface area contributed by atoms with Gasteiger partial charge < -0.3 is 4.90 Å². The number of rotatable bonds is 5. The Morgan fingerprint density at radius 2 is 2.00 bits per heavy atom. The zero-order chi connectivity index (χ0) is 23.8. The van der Waals surface area contributed by atoms with Gasteiger partial charge in [-0.2, -0.15) is 18.3 Å². The van der Waals surface area contributed by atoms with Gasteiger partial charge in [0, 0.05) is 35.6 Å². The molecule has 0 fully saturated rings. The van der Waals surface area contributed by atoms with Crippen molar-refractivity contribution >= 4 is 28.8 Å².